The molecule has 0 radical (unpaired) electrons. The van der Waals surface area contributed by atoms with Crippen LogP contribution in [-0.2, 0) is 0 Å². The molecule has 0 amide bonds. The van der Waals surface area contributed by atoms with E-state index in [0.29, 0.717) is 24.0 Å². The molecule has 1 aromatic rings. The van der Waals surface area contributed by atoms with Crippen molar-refractivity contribution >= 4 is 0 Å². The summed E-state index contributed by atoms with van der Waals surface area (Å²) >= 11 is 0. The molecule has 3 heteroatoms. The van der Waals surface area contributed by atoms with Crippen molar-refractivity contribution in [3.05, 3.63) is 24.0 Å². The van der Waals surface area contributed by atoms with Crippen LogP contribution in [0.5, 0.6) is 5.75 Å². The van der Waals surface area contributed by atoms with Gasteiger partial charge in [0.2, 0.25) is 0 Å². The first kappa shape index (κ1) is 9.53. The number of nitriles is 1. The molecular formula is C10H12N2O. The smallest absolute Gasteiger partial charge is 0.182 e. The summed E-state index contributed by atoms with van der Waals surface area (Å²) in [4.78, 5) is 3.89. The number of nitrogens with zero attached hydrogens (tertiary/aromatic N) is 2. The van der Waals surface area contributed by atoms with Gasteiger partial charge in [-0.15, -0.1) is 0 Å². The van der Waals surface area contributed by atoms with E-state index in [2.05, 4.69) is 18.8 Å². The third kappa shape index (κ3) is 2.75. The van der Waals surface area contributed by atoms with Crippen LogP contribution in [0, 0.1) is 17.2 Å². The predicted octanol–water partition coefficient (Wildman–Crippen LogP) is 1.99. The number of hydrogen-bond donors (Lipinski definition) is 0. The zero-order valence-corrected chi connectivity index (χ0v) is 7.82. The van der Waals surface area contributed by atoms with Gasteiger partial charge in [0.15, 0.2) is 11.4 Å². The molecule has 0 saturated heterocycles. The van der Waals surface area contributed by atoms with Crippen molar-refractivity contribution in [3.8, 4) is 11.8 Å². The molecule has 0 N–H and O–H groups in total. The fourth-order valence-corrected chi connectivity index (χ4v) is 0.847. The lowest BCUT2D eigenvalue weighted by atomic mass is 10.2. The predicted molar refractivity (Wildman–Crippen MR) is 49.3 cm³/mol. The first-order chi connectivity index (χ1) is 6.24. The Bertz CT molecular complexity index is 315. The van der Waals surface area contributed by atoms with Crippen LogP contribution in [0.1, 0.15) is 19.5 Å². The van der Waals surface area contributed by atoms with Crippen LogP contribution < -0.4 is 4.74 Å². The van der Waals surface area contributed by atoms with Gasteiger partial charge in [0.25, 0.3) is 0 Å². The lowest BCUT2D eigenvalue weighted by Gasteiger charge is -2.08. The van der Waals surface area contributed by atoms with E-state index in [1.807, 2.05) is 6.07 Å². The topological polar surface area (TPSA) is 45.9 Å². The summed E-state index contributed by atoms with van der Waals surface area (Å²) in [5.74, 6) is 1.02. The maximum Gasteiger partial charge on any atom is 0.182 e. The van der Waals surface area contributed by atoms with E-state index >= 15 is 0 Å². The van der Waals surface area contributed by atoms with Gasteiger partial charge in [-0.3, -0.25) is 0 Å². The second-order valence-electron chi connectivity index (χ2n) is 3.17. The Hall–Kier alpha value is -1.56. The molecule has 68 valence electrons. The van der Waals surface area contributed by atoms with Crippen molar-refractivity contribution < 1.29 is 4.74 Å². The maximum atomic E-state index is 8.69. The minimum Gasteiger partial charge on any atom is -0.490 e. The molecule has 0 bridgehead atoms. The van der Waals surface area contributed by atoms with E-state index < -0.39 is 0 Å². The van der Waals surface area contributed by atoms with Crippen molar-refractivity contribution in [2.24, 2.45) is 5.92 Å². The molecule has 3 nitrogen and oxygen atoms in total. The highest BCUT2D eigenvalue weighted by Crippen LogP contribution is 2.14. The Balaban J connectivity index is 2.71. The first-order valence-corrected chi connectivity index (χ1v) is 4.22. The average molecular weight is 176 g/mol. The summed E-state index contributed by atoms with van der Waals surface area (Å²) in [5, 5.41) is 8.69. The second-order valence-corrected chi connectivity index (χ2v) is 3.17. The summed E-state index contributed by atoms with van der Waals surface area (Å²) in [6.07, 6.45) is 1.58. The number of pyridine rings is 1. The van der Waals surface area contributed by atoms with Crippen LogP contribution >= 0.6 is 0 Å². The molecule has 1 rings (SSSR count). The Morgan fingerprint density at radius 3 is 3.00 bits per heavy atom. The maximum absolute atomic E-state index is 8.69. The van der Waals surface area contributed by atoms with Gasteiger partial charge >= 0.3 is 0 Å². The zero-order chi connectivity index (χ0) is 9.68. The van der Waals surface area contributed by atoms with Crippen molar-refractivity contribution in [2.75, 3.05) is 6.61 Å². The van der Waals surface area contributed by atoms with E-state index in [1.165, 1.54) is 0 Å². The molecule has 0 fully saturated rings. The average Bonchev–Trinajstić information content (AvgIpc) is 2.15. The van der Waals surface area contributed by atoms with Crippen LogP contribution in [-0.4, -0.2) is 11.6 Å². The Labute approximate surface area is 78.0 Å². The monoisotopic (exact) mass is 176 g/mol. The van der Waals surface area contributed by atoms with E-state index in [1.54, 1.807) is 18.3 Å². The summed E-state index contributed by atoms with van der Waals surface area (Å²) in [5.41, 5.74) is 0.350. The van der Waals surface area contributed by atoms with Gasteiger partial charge in [-0.05, 0) is 18.1 Å². The third-order valence-electron chi connectivity index (χ3n) is 1.45. The fourth-order valence-electron chi connectivity index (χ4n) is 0.847. The number of hydrogen-bond acceptors (Lipinski definition) is 3. The quantitative estimate of drug-likeness (QED) is 0.707. The molecule has 0 aliphatic rings. The van der Waals surface area contributed by atoms with Gasteiger partial charge in [-0.2, -0.15) is 5.26 Å². The number of aromatic nitrogens is 1. The van der Waals surface area contributed by atoms with E-state index in [0.717, 1.165) is 0 Å². The lowest BCUT2D eigenvalue weighted by molar-refractivity contribution is 0.269. The molecular weight excluding hydrogens is 164 g/mol. The van der Waals surface area contributed by atoms with Gasteiger partial charge in [-0.1, -0.05) is 13.8 Å². The molecule has 0 aromatic carbocycles. The van der Waals surface area contributed by atoms with E-state index in [9.17, 15) is 0 Å². The summed E-state index contributed by atoms with van der Waals surface area (Å²) in [6, 6.07) is 5.50. The van der Waals surface area contributed by atoms with Crippen molar-refractivity contribution in [3.63, 3.8) is 0 Å². The summed E-state index contributed by atoms with van der Waals surface area (Å²) < 4.78 is 5.40. The summed E-state index contributed by atoms with van der Waals surface area (Å²) in [7, 11) is 0. The highest BCUT2D eigenvalue weighted by Gasteiger charge is 2.03. The molecule has 0 spiro atoms. The van der Waals surface area contributed by atoms with E-state index in [4.69, 9.17) is 10.00 Å². The fraction of sp³-hybridized carbons (Fsp3) is 0.400. The van der Waals surface area contributed by atoms with Crippen LogP contribution in [0.15, 0.2) is 18.3 Å². The lowest BCUT2D eigenvalue weighted by Crippen LogP contribution is -2.05. The SMILES string of the molecule is CC(C)COc1cccnc1C#N. The first-order valence-electron chi connectivity index (χ1n) is 4.22. The Morgan fingerprint density at radius 1 is 1.62 bits per heavy atom. The minimum absolute atomic E-state index is 0.350. The third-order valence-corrected chi connectivity index (χ3v) is 1.45. The normalized spacial score (nSPS) is 9.69. The minimum atomic E-state index is 0.350. The molecule has 0 saturated carbocycles. The molecule has 1 aromatic heterocycles. The van der Waals surface area contributed by atoms with E-state index in [-0.39, 0.29) is 0 Å². The van der Waals surface area contributed by atoms with Gasteiger partial charge in [0, 0.05) is 6.20 Å². The van der Waals surface area contributed by atoms with Crippen LogP contribution in [0.2, 0.25) is 0 Å². The van der Waals surface area contributed by atoms with Crippen molar-refractivity contribution in [2.45, 2.75) is 13.8 Å². The van der Waals surface area contributed by atoms with Crippen LogP contribution in [0.3, 0.4) is 0 Å². The molecule has 13 heavy (non-hydrogen) atoms. The van der Waals surface area contributed by atoms with Crippen molar-refractivity contribution in [1.29, 1.82) is 5.26 Å². The second kappa shape index (κ2) is 4.46. The Kier molecular flexibility index (Phi) is 3.27. The molecule has 1 heterocycles. The van der Waals surface area contributed by atoms with Gasteiger partial charge < -0.3 is 4.74 Å². The van der Waals surface area contributed by atoms with Gasteiger partial charge in [0.1, 0.15) is 6.07 Å². The van der Waals surface area contributed by atoms with Crippen LogP contribution in [0.25, 0.3) is 0 Å². The largest absolute Gasteiger partial charge is 0.490 e. The summed E-state index contributed by atoms with van der Waals surface area (Å²) in [6.45, 7) is 4.73. The molecule has 0 aliphatic carbocycles. The Morgan fingerprint density at radius 2 is 2.38 bits per heavy atom. The number of rotatable bonds is 3. The van der Waals surface area contributed by atoms with Crippen LogP contribution in [0.4, 0.5) is 0 Å². The van der Waals surface area contributed by atoms with Gasteiger partial charge in [-0.25, -0.2) is 4.98 Å². The molecule has 0 unspecified atom stereocenters. The van der Waals surface area contributed by atoms with Gasteiger partial charge in [0.05, 0.1) is 6.61 Å². The highest BCUT2D eigenvalue weighted by molar-refractivity contribution is 5.36. The molecule has 0 aliphatic heterocycles. The number of ether oxygens (including phenoxy) is 1. The molecule has 0 atom stereocenters. The standard InChI is InChI=1S/C10H12N2O/c1-8(2)7-13-10-4-3-5-12-9(10)6-11/h3-5,8H,7H2,1-2H3. The highest BCUT2D eigenvalue weighted by atomic mass is 16.5. The van der Waals surface area contributed by atoms with Crippen molar-refractivity contribution in [1.82, 2.24) is 4.98 Å². The zero-order valence-electron chi connectivity index (χ0n) is 7.82.